The van der Waals surface area contributed by atoms with E-state index in [9.17, 15) is 30.0 Å². The molecule has 0 aliphatic carbocycles. The first-order chi connectivity index (χ1) is 24.2. The van der Waals surface area contributed by atoms with E-state index in [-0.39, 0.29) is 34.8 Å². The van der Waals surface area contributed by atoms with Crippen LogP contribution in [0.15, 0.2) is 103 Å². The monoisotopic (exact) mass is 674 g/mol. The van der Waals surface area contributed by atoms with E-state index in [0.717, 1.165) is 44.1 Å². The Hall–Kier alpha value is -6.62. The molecule has 0 aliphatic heterocycles. The van der Waals surface area contributed by atoms with Gasteiger partial charge in [0.25, 0.3) is 0 Å². The number of ether oxygens (including phenoxy) is 1. The fourth-order valence-corrected chi connectivity index (χ4v) is 5.23. The summed E-state index contributed by atoms with van der Waals surface area (Å²) in [7, 11) is 1.47. The SMILES string of the molecule is COc1cc(/C=C/C(=O)NCCc2c[nH]c3ccc(O)cc23)ccc1O.O=C(/C=C/c1ccc(O)cc1)NCCc1c[nH]c2ccc(O)cc12. The second-order valence-corrected chi connectivity index (χ2v) is 11.4. The fourth-order valence-electron chi connectivity index (χ4n) is 5.23. The number of aromatic hydroxyl groups is 4. The topological polar surface area (TPSA) is 180 Å². The zero-order valence-corrected chi connectivity index (χ0v) is 27.3. The Balaban J connectivity index is 0.000000195. The number of aromatic amines is 2. The standard InChI is InChI=1S/C20H20N2O4.C19H18N2O3/c1-26-19-10-13(2-6-18(19)24)3-7-20(25)21-9-8-14-12-22-17-5-4-15(23)11-16(14)17;22-15-4-1-13(2-5-15)3-8-19(24)20-10-9-14-12-21-18-7-6-16(23)11-17(14)18/h2-7,10-12,22-24H,8-9H2,1H3,(H,21,25);1-8,11-12,21-23H,9-10H2,(H,20,24)/b7-3+;8-3+. The maximum atomic E-state index is 12.0. The first-order valence-electron chi connectivity index (χ1n) is 15.8. The van der Waals surface area contributed by atoms with Crippen molar-refractivity contribution in [3.63, 3.8) is 0 Å². The van der Waals surface area contributed by atoms with Crippen molar-refractivity contribution >= 4 is 45.8 Å². The summed E-state index contributed by atoms with van der Waals surface area (Å²) in [5.74, 6) is 0.666. The molecule has 8 N–H and O–H groups in total. The lowest BCUT2D eigenvalue weighted by atomic mass is 10.1. The maximum Gasteiger partial charge on any atom is 0.244 e. The minimum Gasteiger partial charge on any atom is -0.508 e. The predicted octanol–water partition coefficient (Wildman–Crippen LogP) is 5.91. The quantitative estimate of drug-likeness (QED) is 0.0787. The first kappa shape index (κ1) is 34.7. The van der Waals surface area contributed by atoms with Crippen molar-refractivity contribution in [2.24, 2.45) is 0 Å². The number of hydrogen-bond donors (Lipinski definition) is 8. The Morgan fingerprint density at radius 2 is 1.12 bits per heavy atom. The van der Waals surface area contributed by atoms with E-state index in [4.69, 9.17) is 4.74 Å². The molecule has 6 aromatic rings. The molecule has 0 radical (unpaired) electrons. The van der Waals surface area contributed by atoms with Gasteiger partial charge in [0, 0.05) is 59.4 Å². The van der Waals surface area contributed by atoms with Crippen molar-refractivity contribution in [3.05, 3.63) is 126 Å². The Bertz CT molecular complexity index is 2150. The summed E-state index contributed by atoms with van der Waals surface area (Å²) in [5.41, 5.74) is 5.58. The van der Waals surface area contributed by atoms with Gasteiger partial charge in [0.05, 0.1) is 7.11 Å². The van der Waals surface area contributed by atoms with Gasteiger partial charge in [0.1, 0.15) is 17.2 Å². The summed E-state index contributed by atoms with van der Waals surface area (Å²) in [5, 5.41) is 45.5. The van der Waals surface area contributed by atoms with Gasteiger partial charge < -0.3 is 45.8 Å². The first-order valence-corrected chi connectivity index (χ1v) is 15.8. The van der Waals surface area contributed by atoms with Crippen LogP contribution in [0.3, 0.4) is 0 Å². The molecule has 2 heterocycles. The molecule has 4 aromatic carbocycles. The molecular formula is C39H38N4O7. The van der Waals surface area contributed by atoms with Crippen molar-refractivity contribution < 1.29 is 34.8 Å². The number of nitrogens with one attached hydrogen (secondary N) is 4. The van der Waals surface area contributed by atoms with Gasteiger partial charge in [-0.15, -0.1) is 0 Å². The molecule has 0 bridgehead atoms. The lowest BCUT2D eigenvalue weighted by molar-refractivity contribution is -0.117. The Kier molecular flexibility index (Phi) is 11.4. The molecule has 11 nitrogen and oxygen atoms in total. The van der Waals surface area contributed by atoms with Crippen LogP contribution in [0.25, 0.3) is 34.0 Å². The van der Waals surface area contributed by atoms with E-state index in [1.807, 2.05) is 24.5 Å². The summed E-state index contributed by atoms with van der Waals surface area (Å²) >= 11 is 0. The average Bonchev–Trinajstić information content (AvgIpc) is 3.71. The molecule has 0 fully saturated rings. The zero-order valence-electron chi connectivity index (χ0n) is 27.3. The molecule has 0 saturated heterocycles. The number of H-pyrrole nitrogens is 2. The third kappa shape index (κ3) is 9.48. The van der Waals surface area contributed by atoms with E-state index < -0.39 is 0 Å². The molecule has 11 heteroatoms. The van der Waals surface area contributed by atoms with Crippen LogP contribution in [0.2, 0.25) is 0 Å². The van der Waals surface area contributed by atoms with Gasteiger partial charge in [-0.05, 0) is 108 Å². The van der Waals surface area contributed by atoms with Crippen LogP contribution in [-0.4, -0.2) is 62.4 Å². The van der Waals surface area contributed by atoms with Gasteiger partial charge in [-0.3, -0.25) is 9.59 Å². The van der Waals surface area contributed by atoms with Crippen molar-refractivity contribution in [1.29, 1.82) is 0 Å². The predicted molar refractivity (Wildman–Crippen MR) is 194 cm³/mol. The van der Waals surface area contributed by atoms with Gasteiger partial charge in [-0.25, -0.2) is 0 Å². The Morgan fingerprint density at radius 3 is 1.64 bits per heavy atom. The molecule has 2 aromatic heterocycles. The second-order valence-electron chi connectivity index (χ2n) is 11.4. The van der Waals surface area contributed by atoms with E-state index in [2.05, 4.69) is 20.6 Å². The number of fused-ring (bicyclic) bond motifs is 2. The molecule has 6 rings (SSSR count). The second kappa shape index (κ2) is 16.5. The highest BCUT2D eigenvalue weighted by Gasteiger charge is 2.07. The smallest absolute Gasteiger partial charge is 0.244 e. The number of benzene rings is 4. The van der Waals surface area contributed by atoms with Crippen molar-refractivity contribution in [3.8, 4) is 28.7 Å². The third-order valence-corrected chi connectivity index (χ3v) is 7.84. The van der Waals surface area contributed by atoms with Gasteiger partial charge >= 0.3 is 0 Å². The van der Waals surface area contributed by atoms with E-state index in [1.54, 1.807) is 72.8 Å². The minimum absolute atomic E-state index is 0.0545. The van der Waals surface area contributed by atoms with Crippen molar-refractivity contribution in [2.75, 3.05) is 20.2 Å². The van der Waals surface area contributed by atoms with Crippen LogP contribution >= 0.6 is 0 Å². The van der Waals surface area contributed by atoms with Crippen molar-refractivity contribution in [1.82, 2.24) is 20.6 Å². The van der Waals surface area contributed by atoms with Gasteiger partial charge in [-0.1, -0.05) is 18.2 Å². The number of phenolic OH excluding ortho intramolecular Hbond substituents is 4. The number of methoxy groups -OCH3 is 1. The van der Waals surface area contributed by atoms with Crippen LogP contribution in [0, 0.1) is 0 Å². The lowest BCUT2D eigenvalue weighted by Gasteiger charge is -2.04. The fraction of sp³-hybridized carbons (Fsp3) is 0.128. The number of hydrogen-bond acceptors (Lipinski definition) is 7. The van der Waals surface area contributed by atoms with Gasteiger partial charge in [0.15, 0.2) is 11.5 Å². The van der Waals surface area contributed by atoms with Gasteiger partial charge in [-0.2, -0.15) is 0 Å². The zero-order chi connectivity index (χ0) is 35.5. The summed E-state index contributed by atoms with van der Waals surface area (Å²) in [6.07, 6.45) is 11.3. The molecule has 50 heavy (non-hydrogen) atoms. The number of carbonyl (C=O) groups is 2. The summed E-state index contributed by atoms with van der Waals surface area (Å²) in [6.45, 7) is 0.978. The largest absolute Gasteiger partial charge is 0.508 e. The van der Waals surface area contributed by atoms with Crippen LogP contribution in [0.5, 0.6) is 28.7 Å². The molecule has 0 spiro atoms. The van der Waals surface area contributed by atoms with Crippen LogP contribution in [0.4, 0.5) is 0 Å². The van der Waals surface area contributed by atoms with Crippen LogP contribution in [-0.2, 0) is 22.4 Å². The number of phenols is 4. The molecule has 2 amide bonds. The van der Waals surface area contributed by atoms with E-state index >= 15 is 0 Å². The molecule has 256 valence electrons. The summed E-state index contributed by atoms with van der Waals surface area (Å²) in [6, 6.07) is 21.8. The summed E-state index contributed by atoms with van der Waals surface area (Å²) in [4.78, 5) is 30.1. The molecule has 0 aliphatic rings. The Labute approximate surface area is 288 Å². The highest BCUT2D eigenvalue weighted by Crippen LogP contribution is 2.27. The highest BCUT2D eigenvalue weighted by atomic mass is 16.5. The van der Waals surface area contributed by atoms with Crippen LogP contribution in [0.1, 0.15) is 22.3 Å². The van der Waals surface area contributed by atoms with E-state index in [1.165, 1.54) is 25.3 Å². The molecule has 0 atom stereocenters. The highest BCUT2D eigenvalue weighted by molar-refractivity contribution is 5.92. The van der Waals surface area contributed by atoms with Crippen LogP contribution < -0.4 is 15.4 Å². The summed E-state index contributed by atoms with van der Waals surface area (Å²) < 4.78 is 5.04. The maximum absolute atomic E-state index is 12.0. The lowest BCUT2D eigenvalue weighted by Crippen LogP contribution is -2.23. The molecule has 0 saturated carbocycles. The van der Waals surface area contributed by atoms with Crippen molar-refractivity contribution in [2.45, 2.75) is 12.8 Å². The number of amides is 2. The minimum atomic E-state index is -0.209. The normalized spacial score (nSPS) is 11.1. The number of aromatic nitrogens is 2. The van der Waals surface area contributed by atoms with Gasteiger partial charge in [0.2, 0.25) is 11.8 Å². The number of carbonyl (C=O) groups excluding carboxylic acids is 2. The molecular weight excluding hydrogens is 636 g/mol. The van der Waals surface area contributed by atoms with E-state index in [0.29, 0.717) is 31.7 Å². The third-order valence-electron chi connectivity index (χ3n) is 7.84. The number of rotatable bonds is 11. The Morgan fingerprint density at radius 1 is 0.640 bits per heavy atom. The molecule has 0 unspecified atom stereocenters. The average molecular weight is 675 g/mol.